The molecule has 0 saturated carbocycles. The number of hydrogen-bond donors (Lipinski definition) is 1. The highest BCUT2D eigenvalue weighted by molar-refractivity contribution is 7.09. The van der Waals surface area contributed by atoms with Crippen LogP contribution in [-0.2, 0) is 6.42 Å². The number of likely N-dealkylation sites (N-methyl/N-ethyl adjacent to an activating group) is 1. The fourth-order valence-corrected chi connectivity index (χ4v) is 2.58. The second-order valence-electron chi connectivity index (χ2n) is 3.70. The molecule has 1 aromatic carbocycles. The molecular weight excluding hydrogens is 259 g/mol. The van der Waals surface area contributed by atoms with Gasteiger partial charge in [0.25, 0.3) is 0 Å². The van der Waals surface area contributed by atoms with Gasteiger partial charge in [-0.25, -0.2) is 4.39 Å². The van der Waals surface area contributed by atoms with Crippen molar-refractivity contribution in [3.05, 3.63) is 51.2 Å². The van der Waals surface area contributed by atoms with Crippen LogP contribution in [0, 0.1) is 5.82 Å². The average Bonchev–Trinajstić information content (AvgIpc) is 2.84. The summed E-state index contributed by atoms with van der Waals surface area (Å²) in [6, 6.07) is 5.01. The van der Waals surface area contributed by atoms with Gasteiger partial charge in [0.05, 0.1) is 10.5 Å². The fourth-order valence-electron chi connectivity index (χ4n) is 1.64. The van der Waals surface area contributed by atoms with Gasteiger partial charge < -0.3 is 5.32 Å². The minimum atomic E-state index is -0.380. The number of benzene rings is 1. The Balaban J connectivity index is 2.16. The maximum Gasteiger partial charge on any atom is 0.141 e. The van der Waals surface area contributed by atoms with Gasteiger partial charge in [-0.2, -0.15) is 0 Å². The second-order valence-corrected chi connectivity index (χ2v) is 5.02. The molecule has 2 rings (SSSR count). The highest BCUT2D eigenvalue weighted by Gasteiger charge is 2.12. The number of hydrogen-bond acceptors (Lipinski definition) is 3. The third-order valence-electron chi connectivity index (χ3n) is 2.57. The maximum absolute atomic E-state index is 13.0. The van der Waals surface area contributed by atoms with Crippen LogP contribution in [0.4, 0.5) is 4.39 Å². The standard InChI is InChI=1S/C12H12ClFN2S/c1-15-11(12-6-16-7-17-12)5-8-2-3-10(14)9(13)4-8/h2-4,6-7,11,15H,5H2,1H3. The van der Waals surface area contributed by atoms with Crippen LogP contribution in [0.25, 0.3) is 0 Å². The van der Waals surface area contributed by atoms with Crippen molar-refractivity contribution in [1.29, 1.82) is 0 Å². The lowest BCUT2D eigenvalue weighted by Gasteiger charge is -2.14. The van der Waals surface area contributed by atoms with Crippen molar-refractivity contribution in [3.8, 4) is 0 Å². The van der Waals surface area contributed by atoms with Gasteiger partial charge in [0.1, 0.15) is 5.82 Å². The smallest absolute Gasteiger partial charge is 0.141 e. The number of nitrogens with zero attached hydrogens (tertiary/aromatic N) is 1. The summed E-state index contributed by atoms with van der Waals surface area (Å²) in [5.74, 6) is -0.380. The van der Waals surface area contributed by atoms with Gasteiger partial charge in [0, 0.05) is 17.1 Å². The van der Waals surface area contributed by atoms with E-state index in [1.165, 1.54) is 6.07 Å². The molecule has 17 heavy (non-hydrogen) atoms. The zero-order valence-corrected chi connectivity index (χ0v) is 10.9. The van der Waals surface area contributed by atoms with Crippen molar-refractivity contribution in [1.82, 2.24) is 10.3 Å². The van der Waals surface area contributed by atoms with E-state index >= 15 is 0 Å². The Morgan fingerprint density at radius 1 is 1.53 bits per heavy atom. The Bertz CT molecular complexity index is 487. The van der Waals surface area contributed by atoms with Crippen LogP contribution >= 0.6 is 22.9 Å². The number of halogens is 2. The van der Waals surface area contributed by atoms with E-state index in [4.69, 9.17) is 11.6 Å². The van der Waals surface area contributed by atoms with E-state index in [0.29, 0.717) is 0 Å². The Morgan fingerprint density at radius 3 is 2.94 bits per heavy atom. The predicted molar refractivity (Wildman–Crippen MR) is 69.0 cm³/mol. The fraction of sp³-hybridized carbons (Fsp3) is 0.250. The SMILES string of the molecule is CNC(Cc1ccc(F)c(Cl)c1)c1cncs1. The molecule has 1 N–H and O–H groups in total. The molecule has 1 unspecified atom stereocenters. The molecule has 0 bridgehead atoms. The summed E-state index contributed by atoms with van der Waals surface area (Å²) in [6.07, 6.45) is 2.61. The highest BCUT2D eigenvalue weighted by Crippen LogP contribution is 2.23. The first kappa shape index (κ1) is 12.5. The van der Waals surface area contributed by atoms with E-state index in [1.807, 2.05) is 13.2 Å². The molecule has 0 amide bonds. The van der Waals surface area contributed by atoms with Gasteiger partial charge in [0.15, 0.2) is 0 Å². The van der Waals surface area contributed by atoms with Crippen molar-refractivity contribution in [3.63, 3.8) is 0 Å². The van der Waals surface area contributed by atoms with E-state index in [-0.39, 0.29) is 16.9 Å². The van der Waals surface area contributed by atoms with Gasteiger partial charge >= 0.3 is 0 Å². The molecule has 0 aliphatic carbocycles. The van der Waals surface area contributed by atoms with E-state index in [1.54, 1.807) is 29.0 Å². The Kier molecular flexibility index (Phi) is 4.10. The van der Waals surface area contributed by atoms with Crippen molar-refractivity contribution in [2.75, 3.05) is 7.05 Å². The summed E-state index contributed by atoms with van der Waals surface area (Å²) in [7, 11) is 1.90. The van der Waals surface area contributed by atoms with Crippen LogP contribution in [0.1, 0.15) is 16.5 Å². The molecule has 1 atom stereocenters. The van der Waals surface area contributed by atoms with Crippen LogP contribution in [-0.4, -0.2) is 12.0 Å². The largest absolute Gasteiger partial charge is 0.312 e. The quantitative estimate of drug-likeness (QED) is 0.921. The number of rotatable bonds is 4. The molecule has 90 valence electrons. The number of nitrogens with one attached hydrogen (secondary N) is 1. The maximum atomic E-state index is 13.0. The molecule has 5 heteroatoms. The first-order valence-corrected chi connectivity index (χ1v) is 6.46. The molecule has 0 radical (unpaired) electrons. The van der Waals surface area contributed by atoms with Gasteiger partial charge in [-0.3, -0.25) is 4.98 Å². The zero-order valence-electron chi connectivity index (χ0n) is 9.28. The van der Waals surface area contributed by atoms with Crippen LogP contribution in [0.3, 0.4) is 0 Å². The van der Waals surface area contributed by atoms with Gasteiger partial charge in [-0.1, -0.05) is 17.7 Å². The predicted octanol–water partition coefficient (Wildman–Crippen LogP) is 3.44. The van der Waals surface area contributed by atoms with E-state index in [2.05, 4.69) is 10.3 Å². The van der Waals surface area contributed by atoms with Crippen molar-refractivity contribution in [2.24, 2.45) is 0 Å². The highest BCUT2D eigenvalue weighted by atomic mass is 35.5. The lowest BCUT2D eigenvalue weighted by Crippen LogP contribution is -2.17. The monoisotopic (exact) mass is 270 g/mol. The molecule has 2 aromatic rings. The van der Waals surface area contributed by atoms with Crippen molar-refractivity contribution in [2.45, 2.75) is 12.5 Å². The van der Waals surface area contributed by atoms with Crippen LogP contribution in [0.2, 0.25) is 5.02 Å². The summed E-state index contributed by atoms with van der Waals surface area (Å²) in [5, 5.41) is 3.39. The molecule has 1 heterocycles. The molecular formula is C12H12ClFN2S. The molecule has 0 fully saturated rings. The number of thiazole rings is 1. The molecule has 0 aliphatic rings. The molecule has 0 saturated heterocycles. The molecule has 0 aliphatic heterocycles. The third kappa shape index (κ3) is 3.03. The summed E-state index contributed by atoms with van der Waals surface area (Å²) in [6.45, 7) is 0. The van der Waals surface area contributed by atoms with Crippen LogP contribution < -0.4 is 5.32 Å². The summed E-state index contributed by atoms with van der Waals surface area (Å²) in [4.78, 5) is 5.22. The van der Waals surface area contributed by atoms with Crippen LogP contribution in [0.15, 0.2) is 29.9 Å². The van der Waals surface area contributed by atoms with Crippen molar-refractivity contribution >= 4 is 22.9 Å². The van der Waals surface area contributed by atoms with E-state index in [9.17, 15) is 4.39 Å². The third-order valence-corrected chi connectivity index (χ3v) is 3.75. The number of aromatic nitrogens is 1. The Hall–Kier alpha value is -0.970. The van der Waals surface area contributed by atoms with Gasteiger partial charge in [0.2, 0.25) is 0 Å². The first-order chi connectivity index (χ1) is 8.20. The minimum Gasteiger partial charge on any atom is -0.312 e. The zero-order chi connectivity index (χ0) is 12.3. The summed E-state index contributed by atoms with van der Waals surface area (Å²) < 4.78 is 13.0. The lowest BCUT2D eigenvalue weighted by atomic mass is 10.1. The van der Waals surface area contributed by atoms with Crippen molar-refractivity contribution < 1.29 is 4.39 Å². The van der Waals surface area contributed by atoms with Crippen LogP contribution in [0.5, 0.6) is 0 Å². The molecule has 2 nitrogen and oxygen atoms in total. The minimum absolute atomic E-state index is 0.168. The molecule has 1 aromatic heterocycles. The van der Waals surface area contributed by atoms with Gasteiger partial charge in [-0.15, -0.1) is 11.3 Å². The summed E-state index contributed by atoms with van der Waals surface area (Å²) in [5.41, 5.74) is 2.81. The first-order valence-electron chi connectivity index (χ1n) is 5.20. The van der Waals surface area contributed by atoms with E-state index < -0.39 is 0 Å². The molecule has 0 spiro atoms. The second kappa shape index (κ2) is 5.58. The van der Waals surface area contributed by atoms with E-state index in [0.717, 1.165) is 16.9 Å². The normalized spacial score (nSPS) is 12.6. The lowest BCUT2D eigenvalue weighted by molar-refractivity contribution is 0.597. The average molecular weight is 271 g/mol. The Morgan fingerprint density at radius 2 is 2.35 bits per heavy atom. The topological polar surface area (TPSA) is 24.9 Å². The summed E-state index contributed by atoms with van der Waals surface area (Å²) >= 11 is 7.36. The Labute approximate surface area is 108 Å². The van der Waals surface area contributed by atoms with Gasteiger partial charge in [-0.05, 0) is 31.2 Å².